The van der Waals surface area contributed by atoms with Crippen LogP contribution in [0.4, 0.5) is 0 Å². The Morgan fingerprint density at radius 3 is 2.81 bits per heavy atom. The van der Waals surface area contributed by atoms with Gasteiger partial charge in [0.25, 0.3) is 5.91 Å². The molecule has 0 saturated carbocycles. The number of carbonyl (C=O) groups is 2. The van der Waals surface area contributed by atoms with E-state index in [0.717, 1.165) is 11.1 Å². The first-order chi connectivity index (χ1) is 7.52. The maximum absolute atomic E-state index is 11.7. The maximum atomic E-state index is 11.7. The standard InChI is InChI=1S/C12H13NO3/c1-7(12(15)16)8-4-3-5-9-10(8)6-13(2)11(9)14/h3-5,7H,6H2,1-2H3,(H,15,16). The highest BCUT2D eigenvalue weighted by atomic mass is 16.4. The van der Waals surface area contributed by atoms with E-state index in [0.29, 0.717) is 12.1 Å². The lowest BCUT2D eigenvalue weighted by molar-refractivity contribution is -0.138. The van der Waals surface area contributed by atoms with Crippen molar-refractivity contribution in [1.29, 1.82) is 0 Å². The summed E-state index contributed by atoms with van der Waals surface area (Å²) < 4.78 is 0. The average molecular weight is 219 g/mol. The molecule has 0 fully saturated rings. The van der Waals surface area contributed by atoms with Gasteiger partial charge in [-0.1, -0.05) is 12.1 Å². The average Bonchev–Trinajstić information content (AvgIpc) is 2.54. The lowest BCUT2D eigenvalue weighted by Gasteiger charge is -2.11. The molecular weight excluding hydrogens is 206 g/mol. The van der Waals surface area contributed by atoms with Crippen LogP contribution in [-0.2, 0) is 11.3 Å². The van der Waals surface area contributed by atoms with Crippen molar-refractivity contribution in [3.8, 4) is 0 Å². The quantitative estimate of drug-likeness (QED) is 0.819. The van der Waals surface area contributed by atoms with E-state index >= 15 is 0 Å². The van der Waals surface area contributed by atoms with Crippen LogP contribution < -0.4 is 0 Å². The summed E-state index contributed by atoms with van der Waals surface area (Å²) in [5, 5.41) is 9.00. The molecule has 16 heavy (non-hydrogen) atoms. The molecule has 1 aliphatic heterocycles. The summed E-state index contributed by atoms with van der Waals surface area (Å²) in [6.07, 6.45) is 0. The summed E-state index contributed by atoms with van der Waals surface area (Å²) in [4.78, 5) is 24.3. The van der Waals surface area contributed by atoms with Crippen molar-refractivity contribution < 1.29 is 14.7 Å². The van der Waals surface area contributed by atoms with Gasteiger partial charge in [0.05, 0.1) is 5.92 Å². The van der Waals surface area contributed by atoms with Crippen molar-refractivity contribution in [2.45, 2.75) is 19.4 Å². The van der Waals surface area contributed by atoms with Gasteiger partial charge >= 0.3 is 5.97 Å². The predicted molar refractivity (Wildman–Crippen MR) is 58.3 cm³/mol. The van der Waals surface area contributed by atoms with Crippen LogP contribution in [0.3, 0.4) is 0 Å². The van der Waals surface area contributed by atoms with Crippen LogP contribution in [0.2, 0.25) is 0 Å². The highest BCUT2D eigenvalue weighted by Crippen LogP contribution is 2.29. The molecule has 1 amide bonds. The maximum Gasteiger partial charge on any atom is 0.310 e. The lowest BCUT2D eigenvalue weighted by atomic mass is 9.93. The van der Waals surface area contributed by atoms with E-state index < -0.39 is 11.9 Å². The highest BCUT2D eigenvalue weighted by Gasteiger charge is 2.29. The van der Waals surface area contributed by atoms with Gasteiger partial charge in [0, 0.05) is 19.2 Å². The second kappa shape index (κ2) is 3.63. The van der Waals surface area contributed by atoms with E-state index in [4.69, 9.17) is 5.11 Å². The third-order valence-electron chi connectivity index (χ3n) is 3.02. The summed E-state index contributed by atoms with van der Waals surface area (Å²) in [5.74, 6) is -1.47. The van der Waals surface area contributed by atoms with Gasteiger partial charge in [-0.25, -0.2) is 0 Å². The summed E-state index contributed by atoms with van der Waals surface area (Å²) in [7, 11) is 1.72. The predicted octanol–water partition coefficient (Wildman–Crippen LogP) is 1.46. The van der Waals surface area contributed by atoms with Gasteiger partial charge in [0.1, 0.15) is 0 Å². The van der Waals surface area contributed by atoms with Crippen LogP contribution in [0.15, 0.2) is 18.2 Å². The number of hydrogen-bond donors (Lipinski definition) is 1. The number of aliphatic carboxylic acids is 1. The van der Waals surface area contributed by atoms with Gasteiger partial charge in [-0.05, 0) is 24.1 Å². The zero-order valence-electron chi connectivity index (χ0n) is 9.23. The Morgan fingerprint density at radius 2 is 2.19 bits per heavy atom. The van der Waals surface area contributed by atoms with Crippen LogP contribution in [0, 0.1) is 0 Å². The van der Waals surface area contributed by atoms with E-state index in [-0.39, 0.29) is 5.91 Å². The third-order valence-corrected chi connectivity index (χ3v) is 3.02. The van der Waals surface area contributed by atoms with Gasteiger partial charge in [0.2, 0.25) is 0 Å². The fourth-order valence-corrected chi connectivity index (χ4v) is 2.03. The molecule has 84 valence electrons. The van der Waals surface area contributed by atoms with E-state index in [1.165, 1.54) is 0 Å². The van der Waals surface area contributed by atoms with Crippen LogP contribution in [-0.4, -0.2) is 28.9 Å². The number of amides is 1. The van der Waals surface area contributed by atoms with Crippen molar-refractivity contribution in [2.24, 2.45) is 0 Å². The number of rotatable bonds is 2. The molecule has 1 unspecified atom stereocenters. The molecule has 1 aromatic rings. The molecular formula is C12H13NO3. The number of carbonyl (C=O) groups excluding carboxylic acids is 1. The summed E-state index contributed by atoms with van der Waals surface area (Å²) in [6, 6.07) is 5.27. The minimum Gasteiger partial charge on any atom is -0.481 e. The number of fused-ring (bicyclic) bond motifs is 1. The van der Waals surface area contributed by atoms with E-state index in [9.17, 15) is 9.59 Å². The third kappa shape index (κ3) is 1.46. The molecule has 1 aliphatic rings. The van der Waals surface area contributed by atoms with E-state index in [1.54, 1.807) is 37.1 Å². The first-order valence-corrected chi connectivity index (χ1v) is 5.12. The molecule has 4 nitrogen and oxygen atoms in total. The topological polar surface area (TPSA) is 57.6 Å². The van der Waals surface area contributed by atoms with Crippen LogP contribution >= 0.6 is 0 Å². The fourth-order valence-electron chi connectivity index (χ4n) is 2.03. The Balaban J connectivity index is 2.52. The Morgan fingerprint density at radius 1 is 1.50 bits per heavy atom. The van der Waals surface area contributed by atoms with Crippen molar-refractivity contribution in [1.82, 2.24) is 4.90 Å². The second-order valence-corrected chi connectivity index (χ2v) is 4.09. The zero-order valence-corrected chi connectivity index (χ0v) is 9.23. The minimum atomic E-state index is -0.865. The largest absolute Gasteiger partial charge is 0.481 e. The number of hydrogen-bond acceptors (Lipinski definition) is 2. The van der Waals surface area contributed by atoms with Gasteiger partial charge in [0.15, 0.2) is 0 Å². The van der Waals surface area contributed by atoms with Gasteiger partial charge in [-0.15, -0.1) is 0 Å². The zero-order chi connectivity index (χ0) is 11.9. The first kappa shape index (κ1) is 10.7. The molecule has 2 rings (SSSR count). The molecule has 1 aromatic carbocycles. The van der Waals surface area contributed by atoms with Gasteiger partial charge < -0.3 is 10.0 Å². The normalized spacial score (nSPS) is 16.1. The Labute approximate surface area is 93.5 Å². The van der Waals surface area contributed by atoms with Gasteiger partial charge in [-0.3, -0.25) is 9.59 Å². The number of carboxylic acids is 1. The summed E-state index contributed by atoms with van der Waals surface area (Å²) in [5.41, 5.74) is 2.22. The fraction of sp³-hybridized carbons (Fsp3) is 0.333. The van der Waals surface area contributed by atoms with Crippen LogP contribution in [0.1, 0.15) is 34.3 Å². The monoisotopic (exact) mass is 219 g/mol. The second-order valence-electron chi connectivity index (χ2n) is 4.09. The van der Waals surface area contributed by atoms with Crippen LogP contribution in [0.25, 0.3) is 0 Å². The van der Waals surface area contributed by atoms with Crippen molar-refractivity contribution in [3.05, 3.63) is 34.9 Å². The van der Waals surface area contributed by atoms with Crippen molar-refractivity contribution in [3.63, 3.8) is 0 Å². The SMILES string of the molecule is CC(C(=O)O)c1cccc2c1CN(C)C2=O. The molecule has 1 N–H and O–H groups in total. The summed E-state index contributed by atoms with van der Waals surface area (Å²) >= 11 is 0. The molecule has 0 aromatic heterocycles. The van der Waals surface area contributed by atoms with E-state index in [2.05, 4.69) is 0 Å². The molecule has 0 aliphatic carbocycles. The molecule has 1 heterocycles. The lowest BCUT2D eigenvalue weighted by Crippen LogP contribution is -2.17. The molecule has 0 saturated heterocycles. The van der Waals surface area contributed by atoms with Crippen molar-refractivity contribution >= 4 is 11.9 Å². The highest BCUT2D eigenvalue weighted by molar-refractivity contribution is 5.99. The Bertz CT molecular complexity index is 467. The Hall–Kier alpha value is -1.84. The smallest absolute Gasteiger partial charge is 0.310 e. The minimum absolute atomic E-state index is 0.0329. The van der Waals surface area contributed by atoms with Crippen LogP contribution in [0.5, 0.6) is 0 Å². The Kier molecular flexibility index (Phi) is 2.42. The van der Waals surface area contributed by atoms with E-state index in [1.807, 2.05) is 0 Å². The first-order valence-electron chi connectivity index (χ1n) is 5.12. The van der Waals surface area contributed by atoms with Gasteiger partial charge in [-0.2, -0.15) is 0 Å². The summed E-state index contributed by atoms with van der Waals surface area (Å²) in [6.45, 7) is 2.14. The molecule has 1 atom stereocenters. The van der Waals surface area contributed by atoms with Crippen molar-refractivity contribution in [2.75, 3.05) is 7.05 Å². The number of benzene rings is 1. The molecule has 0 spiro atoms. The molecule has 0 bridgehead atoms. The number of carboxylic acid groups (broad SMARTS) is 1. The number of nitrogens with zero attached hydrogens (tertiary/aromatic N) is 1. The molecule has 0 radical (unpaired) electrons. The molecule has 4 heteroatoms.